The summed E-state index contributed by atoms with van der Waals surface area (Å²) in [6.07, 6.45) is 0. The molecular weight excluding hydrogens is 248 g/mol. The number of hydrogen-bond donors (Lipinski definition) is 2. The van der Waals surface area contributed by atoms with Crippen LogP contribution in [0.1, 0.15) is 28.6 Å². The van der Waals surface area contributed by atoms with Crippen molar-refractivity contribution in [3.05, 3.63) is 64.5 Å². The lowest BCUT2D eigenvalue weighted by Gasteiger charge is -2.20. The number of rotatable bonds is 3. The van der Waals surface area contributed by atoms with Crippen LogP contribution in [0.25, 0.3) is 0 Å². The molecule has 3 nitrogen and oxygen atoms in total. The van der Waals surface area contributed by atoms with E-state index >= 15 is 0 Å². The first kappa shape index (κ1) is 13.6. The number of aryl methyl sites for hydroxylation is 2. The molecule has 0 aliphatic carbocycles. The van der Waals surface area contributed by atoms with E-state index in [1.807, 2.05) is 6.92 Å². The van der Waals surface area contributed by atoms with E-state index < -0.39 is 17.7 Å². The second-order valence-corrected chi connectivity index (χ2v) is 4.36. The van der Waals surface area contributed by atoms with Gasteiger partial charge in [-0.1, -0.05) is 12.1 Å². The monoisotopic (exact) mass is 263 g/mol. The Balaban J connectivity index is 2.56. The molecule has 5 heteroatoms. The summed E-state index contributed by atoms with van der Waals surface area (Å²) in [6.45, 7) is 3.64. The van der Waals surface area contributed by atoms with E-state index in [4.69, 9.17) is 5.84 Å². The standard InChI is InChI=1S/C14H15F2N3/c1-8-6-7-10(9(2)18-8)14(19-17)13-11(15)4-3-5-12(13)16/h3-7,14,19H,17H2,1-2H3. The van der Waals surface area contributed by atoms with E-state index in [2.05, 4.69) is 10.4 Å². The van der Waals surface area contributed by atoms with Crippen LogP contribution in [-0.4, -0.2) is 4.98 Å². The number of benzene rings is 1. The van der Waals surface area contributed by atoms with Crippen molar-refractivity contribution in [2.75, 3.05) is 0 Å². The average molecular weight is 263 g/mol. The van der Waals surface area contributed by atoms with Crippen LogP contribution >= 0.6 is 0 Å². The maximum absolute atomic E-state index is 13.8. The number of hydrazine groups is 1. The Morgan fingerprint density at radius 2 is 1.74 bits per heavy atom. The third kappa shape index (κ3) is 2.62. The van der Waals surface area contributed by atoms with E-state index in [0.717, 1.165) is 5.69 Å². The van der Waals surface area contributed by atoms with Crippen LogP contribution in [0.15, 0.2) is 30.3 Å². The molecule has 0 bridgehead atoms. The molecule has 0 fully saturated rings. The van der Waals surface area contributed by atoms with Gasteiger partial charge in [0.15, 0.2) is 0 Å². The van der Waals surface area contributed by atoms with Crippen molar-refractivity contribution in [3.63, 3.8) is 0 Å². The molecule has 2 rings (SSSR count). The maximum atomic E-state index is 13.8. The minimum Gasteiger partial charge on any atom is -0.271 e. The molecule has 0 radical (unpaired) electrons. The minimum absolute atomic E-state index is 0.0984. The zero-order valence-corrected chi connectivity index (χ0v) is 10.7. The number of hydrogen-bond acceptors (Lipinski definition) is 3. The van der Waals surface area contributed by atoms with Crippen molar-refractivity contribution in [2.24, 2.45) is 5.84 Å². The Kier molecular flexibility index (Phi) is 3.87. The Bertz CT molecular complexity index is 579. The predicted octanol–water partition coefficient (Wildman–Crippen LogP) is 2.53. The van der Waals surface area contributed by atoms with Crippen LogP contribution in [0.3, 0.4) is 0 Å². The summed E-state index contributed by atoms with van der Waals surface area (Å²) in [6, 6.07) is 6.52. The molecule has 1 aromatic heterocycles. The molecule has 3 N–H and O–H groups in total. The van der Waals surface area contributed by atoms with Crippen LogP contribution in [0, 0.1) is 25.5 Å². The van der Waals surface area contributed by atoms with Crippen LogP contribution in [0.5, 0.6) is 0 Å². The Morgan fingerprint density at radius 1 is 1.11 bits per heavy atom. The zero-order chi connectivity index (χ0) is 14.0. The number of halogens is 2. The van der Waals surface area contributed by atoms with Gasteiger partial charge in [-0.25, -0.2) is 14.2 Å². The van der Waals surface area contributed by atoms with Crippen LogP contribution in [-0.2, 0) is 0 Å². The second-order valence-electron chi connectivity index (χ2n) is 4.36. The van der Waals surface area contributed by atoms with Gasteiger partial charge in [-0.3, -0.25) is 10.8 Å². The SMILES string of the molecule is Cc1ccc(C(NN)c2c(F)cccc2F)c(C)n1. The lowest BCUT2D eigenvalue weighted by molar-refractivity contribution is 0.509. The Morgan fingerprint density at radius 3 is 2.26 bits per heavy atom. The average Bonchev–Trinajstić information content (AvgIpc) is 2.35. The van der Waals surface area contributed by atoms with Gasteiger partial charge in [0.05, 0.1) is 6.04 Å². The molecular formula is C14H15F2N3. The first-order valence-electron chi connectivity index (χ1n) is 5.88. The number of pyridine rings is 1. The topological polar surface area (TPSA) is 50.9 Å². The summed E-state index contributed by atoms with van der Waals surface area (Å²) in [5, 5.41) is 0. The largest absolute Gasteiger partial charge is 0.271 e. The maximum Gasteiger partial charge on any atom is 0.131 e. The fraction of sp³-hybridized carbons (Fsp3) is 0.214. The number of nitrogens with two attached hydrogens (primary N) is 1. The van der Waals surface area contributed by atoms with Gasteiger partial charge >= 0.3 is 0 Å². The molecule has 0 saturated carbocycles. The molecule has 100 valence electrons. The van der Waals surface area contributed by atoms with Crippen LogP contribution in [0.4, 0.5) is 8.78 Å². The van der Waals surface area contributed by atoms with E-state index in [1.54, 1.807) is 19.1 Å². The first-order valence-corrected chi connectivity index (χ1v) is 5.88. The van der Waals surface area contributed by atoms with Gasteiger partial charge in [0.1, 0.15) is 11.6 Å². The lowest BCUT2D eigenvalue weighted by Crippen LogP contribution is -2.31. The van der Waals surface area contributed by atoms with Crippen molar-refractivity contribution in [1.29, 1.82) is 0 Å². The molecule has 1 heterocycles. The smallest absolute Gasteiger partial charge is 0.131 e. The van der Waals surface area contributed by atoms with Crippen molar-refractivity contribution in [3.8, 4) is 0 Å². The van der Waals surface area contributed by atoms with Crippen molar-refractivity contribution in [1.82, 2.24) is 10.4 Å². The molecule has 19 heavy (non-hydrogen) atoms. The van der Waals surface area contributed by atoms with Gasteiger partial charge in [-0.2, -0.15) is 0 Å². The van der Waals surface area contributed by atoms with Crippen LogP contribution in [0.2, 0.25) is 0 Å². The highest BCUT2D eigenvalue weighted by Gasteiger charge is 2.22. The molecule has 0 aliphatic rings. The third-order valence-corrected chi connectivity index (χ3v) is 3.03. The number of nitrogens with one attached hydrogen (secondary N) is 1. The molecule has 0 spiro atoms. The summed E-state index contributed by atoms with van der Waals surface area (Å²) in [5.74, 6) is 4.20. The summed E-state index contributed by atoms with van der Waals surface area (Å²) in [7, 11) is 0. The molecule has 1 aromatic carbocycles. The molecule has 1 unspecified atom stereocenters. The predicted molar refractivity (Wildman–Crippen MR) is 69.2 cm³/mol. The Hall–Kier alpha value is -1.85. The summed E-state index contributed by atoms with van der Waals surface area (Å²) >= 11 is 0. The molecule has 1 atom stereocenters. The zero-order valence-electron chi connectivity index (χ0n) is 10.7. The van der Waals surface area contributed by atoms with E-state index in [-0.39, 0.29) is 5.56 Å². The van der Waals surface area contributed by atoms with Gasteiger partial charge in [0.2, 0.25) is 0 Å². The quantitative estimate of drug-likeness (QED) is 0.661. The first-order chi connectivity index (χ1) is 9.04. The minimum atomic E-state index is -0.769. The van der Waals surface area contributed by atoms with Gasteiger partial charge in [-0.05, 0) is 37.6 Å². The fourth-order valence-electron chi connectivity index (χ4n) is 2.12. The summed E-state index contributed by atoms with van der Waals surface area (Å²) < 4.78 is 27.7. The summed E-state index contributed by atoms with van der Waals surface area (Å²) in [5.41, 5.74) is 4.53. The number of aromatic nitrogens is 1. The van der Waals surface area contributed by atoms with Crippen molar-refractivity contribution in [2.45, 2.75) is 19.9 Å². The summed E-state index contributed by atoms with van der Waals surface area (Å²) in [4.78, 5) is 4.29. The molecule has 0 aliphatic heterocycles. The Labute approximate surface area is 110 Å². The third-order valence-electron chi connectivity index (χ3n) is 3.03. The molecule has 0 saturated heterocycles. The van der Waals surface area contributed by atoms with Gasteiger partial charge in [-0.15, -0.1) is 0 Å². The lowest BCUT2D eigenvalue weighted by atomic mass is 9.97. The highest BCUT2D eigenvalue weighted by molar-refractivity contribution is 5.36. The van der Waals surface area contributed by atoms with Gasteiger partial charge in [0, 0.05) is 17.0 Å². The van der Waals surface area contributed by atoms with E-state index in [9.17, 15) is 8.78 Å². The normalized spacial score (nSPS) is 12.5. The van der Waals surface area contributed by atoms with Crippen molar-refractivity contribution >= 4 is 0 Å². The highest BCUT2D eigenvalue weighted by atomic mass is 19.1. The van der Waals surface area contributed by atoms with Gasteiger partial charge in [0.25, 0.3) is 0 Å². The molecule has 0 amide bonds. The van der Waals surface area contributed by atoms with E-state index in [1.165, 1.54) is 18.2 Å². The second kappa shape index (κ2) is 5.42. The fourth-order valence-corrected chi connectivity index (χ4v) is 2.12. The van der Waals surface area contributed by atoms with Crippen LogP contribution < -0.4 is 11.3 Å². The van der Waals surface area contributed by atoms with Crippen molar-refractivity contribution < 1.29 is 8.78 Å². The van der Waals surface area contributed by atoms with E-state index in [0.29, 0.717) is 11.3 Å². The van der Waals surface area contributed by atoms with Gasteiger partial charge < -0.3 is 0 Å². The highest BCUT2D eigenvalue weighted by Crippen LogP contribution is 2.27. The molecule has 2 aromatic rings. The number of nitrogens with zero attached hydrogens (tertiary/aromatic N) is 1.